The molecule has 0 aliphatic carbocycles. The van der Waals surface area contributed by atoms with Crippen LogP contribution in [0.1, 0.15) is 12.5 Å². The number of fused-ring (bicyclic) bond motifs is 1. The molecule has 3 rings (SSSR count). The third kappa shape index (κ3) is 3.58. The predicted octanol–water partition coefficient (Wildman–Crippen LogP) is 3.43. The van der Waals surface area contributed by atoms with Crippen LogP contribution in [0, 0.1) is 0 Å². The van der Waals surface area contributed by atoms with Crippen LogP contribution in [0.25, 0.3) is 0 Å². The van der Waals surface area contributed by atoms with Crippen molar-refractivity contribution in [1.29, 1.82) is 0 Å². The van der Waals surface area contributed by atoms with Crippen LogP contribution in [0.15, 0.2) is 51.8 Å². The quantitative estimate of drug-likeness (QED) is 0.755. The van der Waals surface area contributed by atoms with Crippen LogP contribution in [0.4, 0.5) is 0 Å². The molecule has 0 bridgehead atoms. The molecule has 0 amide bonds. The first-order chi connectivity index (χ1) is 11.5. The van der Waals surface area contributed by atoms with Crippen LogP contribution in [-0.4, -0.2) is 32.5 Å². The molecule has 1 aliphatic rings. The number of hydrogen-bond donors (Lipinski definition) is 0. The van der Waals surface area contributed by atoms with Crippen LogP contribution in [0.5, 0.6) is 11.5 Å². The first-order valence-electron chi connectivity index (χ1n) is 7.65. The fourth-order valence-electron chi connectivity index (χ4n) is 2.51. The molecule has 0 aromatic heterocycles. The van der Waals surface area contributed by atoms with Gasteiger partial charge in [0.15, 0.2) is 11.5 Å². The van der Waals surface area contributed by atoms with Gasteiger partial charge in [0.05, 0.1) is 4.90 Å². The van der Waals surface area contributed by atoms with E-state index < -0.39 is 10.0 Å². The molecule has 2 aromatic rings. The second kappa shape index (κ2) is 7.13. The Labute approximate surface area is 150 Å². The Hall–Kier alpha value is -1.57. The Morgan fingerprint density at radius 3 is 2.38 bits per heavy atom. The summed E-state index contributed by atoms with van der Waals surface area (Å²) in [6.45, 7) is 3.53. The first kappa shape index (κ1) is 17.3. The lowest BCUT2D eigenvalue weighted by Gasteiger charge is -2.23. The van der Waals surface area contributed by atoms with Crippen molar-refractivity contribution in [3.05, 3.63) is 52.5 Å². The standard InChI is InChI=1S/C17H18BrNO4S/c1-2-19(24(20,21)15-6-4-14(18)5-7-15)12-13-3-8-16-17(11-13)23-10-9-22-16/h3-8,11H,2,9-10,12H2,1H3. The number of halogens is 1. The van der Waals surface area contributed by atoms with Crippen molar-refractivity contribution in [1.82, 2.24) is 4.31 Å². The topological polar surface area (TPSA) is 55.8 Å². The molecular weight excluding hydrogens is 394 g/mol. The zero-order chi connectivity index (χ0) is 17.2. The molecule has 0 radical (unpaired) electrons. The van der Waals surface area contributed by atoms with E-state index in [2.05, 4.69) is 15.9 Å². The van der Waals surface area contributed by atoms with E-state index in [1.807, 2.05) is 25.1 Å². The lowest BCUT2D eigenvalue weighted by molar-refractivity contribution is 0.171. The maximum Gasteiger partial charge on any atom is 0.243 e. The molecule has 1 heterocycles. The Morgan fingerprint density at radius 2 is 1.71 bits per heavy atom. The van der Waals surface area contributed by atoms with Crippen LogP contribution < -0.4 is 9.47 Å². The summed E-state index contributed by atoms with van der Waals surface area (Å²) in [5, 5.41) is 0. The second-order valence-electron chi connectivity index (χ2n) is 5.36. The predicted molar refractivity (Wildman–Crippen MR) is 94.8 cm³/mol. The van der Waals surface area contributed by atoms with E-state index in [1.165, 1.54) is 4.31 Å². The number of nitrogens with zero attached hydrogens (tertiary/aromatic N) is 1. The summed E-state index contributed by atoms with van der Waals surface area (Å²) in [6.07, 6.45) is 0. The van der Waals surface area contributed by atoms with Crippen LogP contribution in [0.2, 0.25) is 0 Å². The van der Waals surface area contributed by atoms with Gasteiger partial charge in [-0.25, -0.2) is 8.42 Å². The molecule has 2 aromatic carbocycles. The van der Waals surface area contributed by atoms with Crippen molar-refractivity contribution < 1.29 is 17.9 Å². The van der Waals surface area contributed by atoms with E-state index in [0.29, 0.717) is 31.3 Å². The molecular formula is C17H18BrNO4S. The highest BCUT2D eigenvalue weighted by atomic mass is 79.9. The second-order valence-corrected chi connectivity index (χ2v) is 8.22. The van der Waals surface area contributed by atoms with Crippen LogP contribution >= 0.6 is 15.9 Å². The Balaban J connectivity index is 1.85. The van der Waals surface area contributed by atoms with Gasteiger partial charge in [0.2, 0.25) is 10.0 Å². The van der Waals surface area contributed by atoms with Gasteiger partial charge in [-0.15, -0.1) is 0 Å². The summed E-state index contributed by atoms with van der Waals surface area (Å²) in [4.78, 5) is 0.282. The van der Waals surface area contributed by atoms with Crippen molar-refractivity contribution in [2.45, 2.75) is 18.4 Å². The summed E-state index contributed by atoms with van der Waals surface area (Å²) >= 11 is 3.32. The molecule has 0 atom stereocenters. The molecule has 0 saturated heterocycles. The van der Waals surface area contributed by atoms with Crippen molar-refractivity contribution in [2.75, 3.05) is 19.8 Å². The summed E-state index contributed by atoms with van der Waals surface area (Å²) in [6, 6.07) is 12.2. The van der Waals surface area contributed by atoms with E-state index in [0.717, 1.165) is 10.0 Å². The van der Waals surface area contributed by atoms with E-state index in [9.17, 15) is 8.42 Å². The molecule has 0 spiro atoms. The molecule has 5 nitrogen and oxygen atoms in total. The number of rotatable bonds is 5. The lowest BCUT2D eigenvalue weighted by atomic mass is 10.2. The minimum atomic E-state index is -3.55. The van der Waals surface area contributed by atoms with Crippen molar-refractivity contribution in [3.63, 3.8) is 0 Å². The summed E-state index contributed by atoms with van der Waals surface area (Å²) in [5.41, 5.74) is 0.863. The maximum atomic E-state index is 12.8. The van der Waals surface area contributed by atoms with Gasteiger partial charge >= 0.3 is 0 Å². The minimum absolute atomic E-state index is 0.282. The average Bonchev–Trinajstić information content (AvgIpc) is 2.59. The molecule has 0 unspecified atom stereocenters. The zero-order valence-electron chi connectivity index (χ0n) is 13.2. The van der Waals surface area contributed by atoms with E-state index in [1.54, 1.807) is 24.3 Å². The summed E-state index contributed by atoms with van der Waals surface area (Å²) in [7, 11) is -3.55. The third-order valence-corrected chi connectivity index (χ3v) is 6.23. The monoisotopic (exact) mass is 411 g/mol. The Kier molecular flexibility index (Phi) is 5.12. The molecule has 1 aliphatic heterocycles. The van der Waals surface area contributed by atoms with Gasteiger partial charge in [-0.1, -0.05) is 28.9 Å². The number of hydrogen-bond acceptors (Lipinski definition) is 4. The highest BCUT2D eigenvalue weighted by molar-refractivity contribution is 9.10. The molecule has 0 N–H and O–H groups in total. The van der Waals surface area contributed by atoms with Gasteiger partial charge in [-0.3, -0.25) is 0 Å². The van der Waals surface area contributed by atoms with Crippen molar-refractivity contribution in [3.8, 4) is 11.5 Å². The smallest absolute Gasteiger partial charge is 0.243 e. The Bertz CT molecular complexity index is 821. The largest absolute Gasteiger partial charge is 0.486 e. The van der Waals surface area contributed by atoms with Crippen molar-refractivity contribution in [2.24, 2.45) is 0 Å². The number of benzene rings is 2. The molecule has 0 fully saturated rings. The molecule has 0 saturated carbocycles. The summed E-state index contributed by atoms with van der Waals surface area (Å²) in [5.74, 6) is 1.36. The van der Waals surface area contributed by atoms with Gasteiger partial charge in [0, 0.05) is 17.6 Å². The SMILES string of the molecule is CCN(Cc1ccc2c(c1)OCCO2)S(=O)(=O)c1ccc(Br)cc1. The Morgan fingerprint density at radius 1 is 1.04 bits per heavy atom. The average molecular weight is 412 g/mol. The van der Waals surface area contributed by atoms with Gasteiger partial charge in [-0.05, 0) is 42.0 Å². The third-order valence-electron chi connectivity index (χ3n) is 3.77. The molecule has 128 valence electrons. The van der Waals surface area contributed by atoms with E-state index in [-0.39, 0.29) is 11.4 Å². The van der Waals surface area contributed by atoms with E-state index in [4.69, 9.17) is 9.47 Å². The molecule has 24 heavy (non-hydrogen) atoms. The zero-order valence-corrected chi connectivity index (χ0v) is 15.6. The van der Waals surface area contributed by atoms with Gasteiger partial charge in [0.25, 0.3) is 0 Å². The number of sulfonamides is 1. The lowest BCUT2D eigenvalue weighted by Crippen LogP contribution is -2.30. The highest BCUT2D eigenvalue weighted by Gasteiger charge is 2.24. The van der Waals surface area contributed by atoms with Crippen LogP contribution in [-0.2, 0) is 16.6 Å². The van der Waals surface area contributed by atoms with Gasteiger partial charge in [-0.2, -0.15) is 4.31 Å². The maximum absolute atomic E-state index is 12.8. The fourth-order valence-corrected chi connectivity index (χ4v) is 4.21. The highest BCUT2D eigenvalue weighted by Crippen LogP contribution is 2.31. The summed E-state index contributed by atoms with van der Waals surface area (Å²) < 4.78 is 39.0. The van der Waals surface area contributed by atoms with E-state index >= 15 is 0 Å². The first-order valence-corrected chi connectivity index (χ1v) is 9.88. The van der Waals surface area contributed by atoms with Gasteiger partial charge < -0.3 is 9.47 Å². The molecule has 7 heteroatoms. The normalized spacial score (nSPS) is 14.0. The van der Waals surface area contributed by atoms with Crippen molar-refractivity contribution >= 4 is 26.0 Å². The minimum Gasteiger partial charge on any atom is -0.486 e. The van der Waals surface area contributed by atoms with Gasteiger partial charge in [0.1, 0.15) is 13.2 Å². The fraction of sp³-hybridized carbons (Fsp3) is 0.294. The van der Waals surface area contributed by atoms with Crippen LogP contribution in [0.3, 0.4) is 0 Å². The number of ether oxygens (including phenoxy) is 2.